The first-order valence-electron chi connectivity index (χ1n) is 8.77. The summed E-state index contributed by atoms with van der Waals surface area (Å²) >= 11 is 0. The molecule has 2 fully saturated rings. The molecule has 2 unspecified atom stereocenters. The van der Waals surface area contributed by atoms with Crippen LogP contribution in [0.3, 0.4) is 0 Å². The maximum absolute atomic E-state index is 5.86. The molecule has 21 heavy (non-hydrogen) atoms. The van der Waals surface area contributed by atoms with Crippen molar-refractivity contribution in [1.82, 2.24) is 14.9 Å². The summed E-state index contributed by atoms with van der Waals surface area (Å²) in [7, 11) is 0. The summed E-state index contributed by atoms with van der Waals surface area (Å²) in [6, 6.07) is 0.510. The Hall–Kier alpha value is -0.870. The largest absolute Gasteiger partial charge is 0.376 e. The number of fused-ring (bicyclic) bond motifs is 1. The molecule has 116 valence electrons. The molecule has 0 amide bonds. The minimum Gasteiger partial charge on any atom is -0.376 e. The molecule has 0 bridgehead atoms. The van der Waals surface area contributed by atoms with E-state index in [2.05, 4.69) is 16.8 Å². The van der Waals surface area contributed by atoms with Crippen LogP contribution in [0.25, 0.3) is 0 Å². The zero-order valence-corrected chi connectivity index (χ0v) is 13.1. The molecule has 0 radical (unpaired) electrons. The third kappa shape index (κ3) is 2.42. The van der Waals surface area contributed by atoms with Crippen molar-refractivity contribution in [2.45, 2.75) is 76.5 Å². The number of nitrogens with one attached hydrogen (secondary N) is 1. The highest BCUT2D eigenvalue weighted by Gasteiger charge is 2.34. The lowest BCUT2D eigenvalue weighted by Crippen LogP contribution is -2.28. The second-order valence-corrected chi connectivity index (χ2v) is 6.93. The second-order valence-electron chi connectivity index (χ2n) is 6.93. The molecule has 1 saturated heterocycles. The van der Waals surface area contributed by atoms with Crippen molar-refractivity contribution in [2.24, 2.45) is 0 Å². The molecule has 1 saturated carbocycles. The van der Waals surface area contributed by atoms with E-state index in [4.69, 9.17) is 9.72 Å². The van der Waals surface area contributed by atoms with Gasteiger partial charge in [0.15, 0.2) is 0 Å². The Bertz CT molecular complexity index is 504. The molecule has 2 atom stereocenters. The first-order chi connectivity index (χ1) is 10.3. The first kappa shape index (κ1) is 13.8. The molecule has 1 aromatic rings. The Labute approximate surface area is 127 Å². The lowest BCUT2D eigenvalue weighted by molar-refractivity contribution is 0.106. The third-order valence-electron chi connectivity index (χ3n) is 5.59. The molecule has 0 spiro atoms. The van der Waals surface area contributed by atoms with E-state index in [1.807, 2.05) is 0 Å². The number of rotatable bonds is 2. The van der Waals surface area contributed by atoms with Gasteiger partial charge >= 0.3 is 0 Å². The fourth-order valence-corrected chi connectivity index (χ4v) is 4.43. The van der Waals surface area contributed by atoms with E-state index in [1.165, 1.54) is 49.3 Å². The zero-order chi connectivity index (χ0) is 14.2. The maximum atomic E-state index is 5.86. The van der Waals surface area contributed by atoms with E-state index in [0.29, 0.717) is 18.1 Å². The minimum absolute atomic E-state index is 0.334. The monoisotopic (exact) mass is 289 g/mol. The smallest absolute Gasteiger partial charge is 0.112 e. The van der Waals surface area contributed by atoms with Gasteiger partial charge in [0, 0.05) is 37.7 Å². The molecule has 2 aliphatic heterocycles. The van der Waals surface area contributed by atoms with Crippen molar-refractivity contribution in [1.29, 1.82) is 0 Å². The van der Waals surface area contributed by atoms with Crippen molar-refractivity contribution >= 4 is 0 Å². The van der Waals surface area contributed by atoms with Crippen LogP contribution in [0, 0.1) is 0 Å². The molecule has 3 aliphatic rings. The molecular weight excluding hydrogens is 262 g/mol. The average Bonchev–Trinajstić information content (AvgIpc) is 3.11. The van der Waals surface area contributed by atoms with Crippen LogP contribution in [-0.4, -0.2) is 28.8 Å². The van der Waals surface area contributed by atoms with Gasteiger partial charge in [0.05, 0.1) is 17.8 Å². The molecular formula is C17H27N3O. The fraction of sp³-hybridized carbons (Fsp3) is 0.824. The van der Waals surface area contributed by atoms with Crippen LogP contribution in [0.1, 0.15) is 74.6 Å². The summed E-state index contributed by atoms with van der Waals surface area (Å²) in [5.74, 6) is 2.06. The third-order valence-corrected chi connectivity index (χ3v) is 5.59. The summed E-state index contributed by atoms with van der Waals surface area (Å²) in [4.78, 5) is 5.10. The van der Waals surface area contributed by atoms with Gasteiger partial charge in [-0.25, -0.2) is 4.98 Å². The first-order valence-corrected chi connectivity index (χ1v) is 8.77. The van der Waals surface area contributed by atoms with Gasteiger partial charge in [-0.1, -0.05) is 19.3 Å². The highest BCUT2D eigenvalue weighted by Crippen LogP contribution is 2.38. The van der Waals surface area contributed by atoms with E-state index < -0.39 is 0 Å². The number of hydrogen-bond acceptors (Lipinski definition) is 3. The van der Waals surface area contributed by atoms with Crippen LogP contribution in [-0.2, 0) is 17.7 Å². The summed E-state index contributed by atoms with van der Waals surface area (Å²) in [5.41, 5.74) is 2.80. The Morgan fingerprint density at radius 3 is 2.81 bits per heavy atom. The van der Waals surface area contributed by atoms with E-state index in [0.717, 1.165) is 32.5 Å². The van der Waals surface area contributed by atoms with Gasteiger partial charge in [-0.05, 0) is 26.2 Å². The number of nitrogens with zero attached hydrogens (tertiary/aromatic N) is 2. The van der Waals surface area contributed by atoms with Crippen molar-refractivity contribution in [3.8, 4) is 0 Å². The lowest BCUT2D eigenvalue weighted by atomic mass is 9.88. The molecule has 4 heteroatoms. The van der Waals surface area contributed by atoms with Crippen LogP contribution < -0.4 is 5.32 Å². The topological polar surface area (TPSA) is 39.1 Å². The summed E-state index contributed by atoms with van der Waals surface area (Å²) in [5, 5.41) is 3.48. The summed E-state index contributed by atoms with van der Waals surface area (Å²) in [6.45, 7) is 5.17. The maximum Gasteiger partial charge on any atom is 0.112 e. The van der Waals surface area contributed by atoms with E-state index >= 15 is 0 Å². The van der Waals surface area contributed by atoms with Crippen LogP contribution in [0.2, 0.25) is 0 Å². The Morgan fingerprint density at radius 1 is 1.19 bits per heavy atom. The quantitative estimate of drug-likeness (QED) is 0.910. The molecule has 4 nitrogen and oxygen atoms in total. The van der Waals surface area contributed by atoms with Crippen molar-refractivity contribution in [3.05, 3.63) is 17.2 Å². The molecule has 4 rings (SSSR count). The standard InChI is InChI=1S/C17H27N3O/c1-12-15(8-10-21-12)20-16-7-9-18-11-14(16)19-17(20)13-5-3-2-4-6-13/h12-13,15,18H,2-11H2,1H3. The zero-order valence-electron chi connectivity index (χ0n) is 13.1. The molecule has 1 aliphatic carbocycles. The summed E-state index contributed by atoms with van der Waals surface area (Å²) < 4.78 is 8.47. The van der Waals surface area contributed by atoms with Gasteiger partial charge in [0.1, 0.15) is 5.82 Å². The van der Waals surface area contributed by atoms with Crippen LogP contribution in [0.5, 0.6) is 0 Å². The van der Waals surface area contributed by atoms with Gasteiger partial charge in [-0.3, -0.25) is 0 Å². The Balaban J connectivity index is 1.75. The average molecular weight is 289 g/mol. The SMILES string of the molecule is CC1OCCC1n1c(C2CCCCC2)nc2c1CCNC2. The molecule has 1 N–H and O–H groups in total. The van der Waals surface area contributed by atoms with Crippen molar-refractivity contribution in [2.75, 3.05) is 13.2 Å². The Morgan fingerprint density at radius 2 is 2.05 bits per heavy atom. The molecule has 3 heterocycles. The van der Waals surface area contributed by atoms with Gasteiger partial charge in [0.25, 0.3) is 0 Å². The number of aromatic nitrogens is 2. The van der Waals surface area contributed by atoms with E-state index in [-0.39, 0.29) is 0 Å². The van der Waals surface area contributed by atoms with Crippen molar-refractivity contribution < 1.29 is 4.74 Å². The van der Waals surface area contributed by atoms with E-state index in [9.17, 15) is 0 Å². The Kier molecular flexibility index (Phi) is 3.76. The molecule has 0 aromatic carbocycles. The van der Waals surface area contributed by atoms with E-state index in [1.54, 1.807) is 0 Å². The number of hydrogen-bond donors (Lipinski definition) is 1. The highest BCUT2D eigenvalue weighted by atomic mass is 16.5. The predicted molar refractivity (Wildman–Crippen MR) is 82.5 cm³/mol. The van der Waals surface area contributed by atoms with Crippen molar-refractivity contribution in [3.63, 3.8) is 0 Å². The predicted octanol–water partition coefficient (Wildman–Crippen LogP) is 2.93. The summed E-state index contributed by atoms with van der Waals surface area (Å²) in [6.07, 6.45) is 9.40. The molecule has 1 aromatic heterocycles. The van der Waals surface area contributed by atoms with Crippen LogP contribution in [0.4, 0.5) is 0 Å². The van der Waals surface area contributed by atoms with Gasteiger partial charge in [-0.15, -0.1) is 0 Å². The number of imidazole rings is 1. The highest BCUT2D eigenvalue weighted by molar-refractivity contribution is 5.24. The van der Waals surface area contributed by atoms with Crippen LogP contribution >= 0.6 is 0 Å². The number of ether oxygens (including phenoxy) is 1. The van der Waals surface area contributed by atoms with Gasteiger partial charge < -0.3 is 14.6 Å². The normalized spacial score (nSPS) is 30.5. The van der Waals surface area contributed by atoms with Crippen LogP contribution in [0.15, 0.2) is 0 Å². The fourth-order valence-electron chi connectivity index (χ4n) is 4.43. The minimum atomic E-state index is 0.334. The second kappa shape index (κ2) is 5.73. The van der Waals surface area contributed by atoms with Gasteiger partial charge in [0.2, 0.25) is 0 Å². The lowest BCUT2D eigenvalue weighted by Gasteiger charge is -2.27. The van der Waals surface area contributed by atoms with Gasteiger partial charge in [-0.2, -0.15) is 0 Å².